The SMILES string of the molecule is CSc1ccc(Cn2c(=O)nc(NCCc3cnc(N)[nH]3)n(Cc3ccc4c(c3)CCO4)c2=O)cc1. The van der Waals surface area contributed by atoms with Gasteiger partial charge in [0.25, 0.3) is 0 Å². The number of aromatic amines is 1. The van der Waals surface area contributed by atoms with Gasteiger partial charge in [-0.1, -0.05) is 24.3 Å². The van der Waals surface area contributed by atoms with Crippen molar-refractivity contribution in [2.75, 3.05) is 30.5 Å². The highest BCUT2D eigenvalue weighted by Crippen LogP contribution is 2.26. The summed E-state index contributed by atoms with van der Waals surface area (Å²) in [6, 6.07) is 13.7. The van der Waals surface area contributed by atoms with Crippen molar-refractivity contribution in [3.8, 4) is 5.75 Å². The maximum Gasteiger partial charge on any atom is 0.355 e. The zero-order chi connectivity index (χ0) is 25.1. The average molecular weight is 506 g/mol. The molecule has 0 atom stereocenters. The van der Waals surface area contributed by atoms with Crippen LogP contribution >= 0.6 is 11.8 Å². The minimum Gasteiger partial charge on any atom is -0.493 e. The molecule has 0 saturated heterocycles. The molecule has 0 saturated carbocycles. The van der Waals surface area contributed by atoms with Gasteiger partial charge in [-0.15, -0.1) is 11.8 Å². The molecule has 0 fully saturated rings. The van der Waals surface area contributed by atoms with Gasteiger partial charge in [-0.25, -0.2) is 19.1 Å². The van der Waals surface area contributed by atoms with Crippen LogP contribution in [-0.2, 0) is 25.9 Å². The lowest BCUT2D eigenvalue weighted by atomic mass is 10.1. The van der Waals surface area contributed by atoms with Crippen LogP contribution in [0.25, 0.3) is 0 Å². The number of H-pyrrole nitrogens is 1. The molecule has 1 aliphatic heterocycles. The van der Waals surface area contributed by atoms with Crippen molar-refractivity contribution in [3.05, 3.63) is 92.0 Å². The maximum absolute atomic E-state index is 13.6. The highest BCUT2D eigenvalue weighted by atomic mass is 32.2. The van der Waals surface area contributed by atoms with E-state index in [2.05, 4.69) is 20.3 Å². The zero-order valence-corrected chi connectivity index (χ0v) is 20.7. The first-order valence-electron chi connectivity index (χ1n) is 11.6. The third-order valence-electron chi connectivity index (χ3n) is 6.07. The monoisotopic (exact) mass is 505 g/mol. The summed E-state index contributed by atoms with van der Waals surface area (Å²) < 4.78 is 8.29. The number of anilines is 2. The molecule has 5 rings (SSSR count). The molecular formula is C25H27N7O3S. The first-order valence-corrected chi connectivity index (χ1v) is 12.8. The Labute approximate surface area is 211 Å². The van der Waals surface area contributed by atoms with Crippen LogP contribution < -0.4 is 27.2 Å². The second-order valence-electron chi connectivity index (χ2n) is 8.53. The largest absolute Gasteiger partial charge is 0.493 e. The van der Waals surface area contributed by atoms with E-state index in [0.717, 1.165) is 39.5 Å². The summed E-state index contributed by atoms with van der Waals surface area (Å²) in [5, 5.41) is 3.15. The molecule has 36 heavy (non-hydrogen) atoms. The average Bonchev–Trinajstić information content (AvgIpc) is 3.52. The Bertz CT molecular complexity index is 1490. The normalized spacial score (nSPS) is 12.4. The molecule has 1 aliphatic rings. The molecule has 3 heterocycles. The van der Waals surface area contributed by atoms with Gasteiger partial charge in [-0.3, -0.25) is 4.57 Å². The van der Waals surface area contributed by atoms with E-state index in [9.17, 15) is 9.59 Å². The number of thioether (sulfide) groups is 1. The van der Waals surface area contributed by atoms with Crippen LogP contribution in [0.2, 0.25) is 0 Å². The number of nitrogen functional groups attached to an aromatic ring is 1. The van der Waals surface area contributed by atoms with E-state index in [-0.39, 0.29) is 19.0 Å². The number of hydrogen-bond acceptors (Lipinski definition) is 8. The Kier molecular flexibility index (Phi) is 6.81. The van der Waals surface area contributed by atoms with Crippen molar-refractivity contribution in [2.24, 2.45) is 0 Å². The number of hydrogen-bond donors (Lipinski definition) is 3. The molecule has 186 valence electrons. The number of rotatable bonds is 9. The van der Waals surface area contributed by atoms with Crippen LogP contribution in [0.4, 0.5) is 11.9 Å². The van der Waals surface area contributed by atoms with Crippen LogP contribution in [0.3, 0.4) is 0 Å². The molecule has 2 aromatic carbocycles. The second kappa shape index (κ2) is 10.3. The van der Waals surface area contributed by atoms with E-state index in [1.807, 2.05) is 48.7 Å². The summed E-state index contributed by atoms with van der Waals surface area (Å²) >= 11 is 1.63. The molecule has 0 spiro atoms. The first-order chi connectivity index (χ1) is 17.5. The number of fused-ring (bicyclic) bond motifs is 1. The van der Waals surface area contributed by atoms with Crippen molar-refractivity contribution in [2.45, 2.75) is 30.8 Å². The van der Waals surface area contributed by atoms with Gasteiger partial charge in [0, 0.05) is 30.0 Å². The standard InChI is InChI=1S/C25H27N7O3S/c1-36-20-5-2-16(3-6-20)14-32-24(33)30-23(27-10-8-19-13-28-22(26)29-19)31(25(32)34)15-17-4-7-21-18(12-17)9-11-35-21/h2-7,12-13H,8-11,14-15H2,1H3,(H3,26,28,29)(H,27,30,33). The Balaban J connectivity index is 1.46. The van der Waals surface area contributed by atoms with Gasteiger partial charge >= 0.3 is 11.4 Å². The van der Waals surface area contributed by atoms with Gasteiger partial charge in [-0.2, -0.15) is 4.98 Å². The molecule has 11 heteroatoms. The van der Waals surface area contributed by atoms with Crippen LogP contribution in [0.5, 0.6) is 5.75 Å². The highest BCUT2D eigenvalue weighted by molar-refractivity contribution is 7.98. The molecule has 0 bridgehead atoms. The number of ether oxygens (including phenoxy) is 1. The fourth-order valence-corrected chi connectivity index (χ4v) is 4.60. The van der Waals surface area contributed by atoms with E-state index in [0.29, 0.717) is 25.5 Å². The Morgan fingerprint density at radius 2 is 1.89 bits per heavy atom. The lowest BCUT2D eigenvalue weighted by molar-refractivity contribution is 0.357. The van der Waals surface area contributed by atoms with Crippen LogP contribution in [0.1, 0.15) is 22.4 Å². The topological polar surface area (TPSA) is 133 Å². The summed E-state index contributed by atoms with van der Waals surface area (Å²) in [5.41, 5.74) is 8.37. The van der Waals surface area contributed by atoms with Crippen molar-refractivity contribution in [1.82, 2.24) is 24.1 Å². The number of imidazole rings is 1. The lowest BCUT2D eigenvalue weighted by Gasteiger charge is -2.16. The molecule has 4 N–H and O–H groups in total. The van der Waals surface area contributed by atoms with Gasteiger partial charge in [-0.05, 0) is 41.1 Å². The van der Waals surface area contributed by atoms with Gasteiger partial charge in [0.05, 0.1) is 25.9 Å². The number of benzene rings is 2. The first kappa shape index (κ1) is 23.7. The molecule has 2 aromatic heterocycles. The molecule has 0 radical (unpaired) electrons. The minimum absolute atomic E-state index is 0.144. The smallest absolute Gasteiger partial charge is 0.355 e. The van der Waals surface area contributed by atoms with Crippen molar-refractivity contribution in [1.29, 1.82) is 0 Å². The molecule has 10 nitrogen and oxygen atoms in total. The Hall–Kier alpha value is -3.99. The van der Waals surface area contributed by atoms with Gasteiger partial charge < -0.3 is 20.8 Å². The number of nitrogens with zero attached hydrogens (tertiary/aromatic N) is 4. The predicted molar refractivity (Wildman–Crippen MR) is 140 cm³/mol. The minimum atomic E-state index is -0.596. The van der Waals surface area contributed by atoms with Crippen molar-refractivity contribution < 1.29 is 4.74 Å². The quantitative estimate of drug-likeness (QED) is 0.295. The van der Waals surface area contributed by atoms with Gasteiger partial charge in [0.15, 0.2) is 5.95 Å². The van der Waals surface area contributed by atoms with Crippen molar-refractivity contribution >= 4 is 23.7 Å². The van der Waals surface area contributed by atoms with Crippen LogP contribution in [-0.4, -0.2) is 43.5 Å². The Morgan fingerprint density at radius 1 is 1.11 bits per heavy atom. The third kappa shape index (κ3) is 5.15. The van der Waals surface area contributed by atoms with E-state index in [1.54, 1.807) is 18.0 Å². The van der Waals surface area contributed by atoms with Crippen LogP contribution in [0.15, 0.2) is 63.1 Å². The van der Waals surface area contributed by atoms with Crippen LogP contribution in [0, 0.1) is 0 Å². The fourth-order valence-electron chi connectivity index (χ4n) is 4.19. The molecule has 0 amide bonds. The third-order valence-corrected chi connectivity index (χ3v) is 6.81. The second-order valence-corrected chi connectivity index (χ2v) is 9.41. The summed E-state index contributed by atoms with van der Waals surface area (Å²) in [6.45, 7) is 1.51. The maximum atomic E-state index is 13.6. The summed E-state index contributed by atoms with van der Waals surface area (Å²) in [6.07, 6.45) is 5.06. The van der Waals surface area contributed by atoms with E-state index in [1.165, 1.54) is 9.13 Å². The molecule has 0 aliphatic carbocycles. The Morgan fingerprint density at radius 3 is 2.64 bits per heavy atom. The number of aromatic nitrogens is 5. The van der Waals surface area contributed by atoms with Crippen molar-refractivity contribution in [3.63, 3.8) is 0 Å². The van der Waals surface area contributed by atoms with Gasteiger partial charge in [0.1, 0.15) is 5.75 Å². The highest BCUT2D eigenvalue weighted by Gasteiger charge is 2.17. The van der Waals surface area contributed by atoms with E-state index >= 15 is 0 Å². The fraction of sp³-hybridized carbons (Fsp3) is 0.280. The predicted octanol–water partition coefficient (Wildman–Crippen LogP) is 2.12. The number of nitrogens with two attached hydrogens (primary N) is 1. The number of nitrogens with one attached hydrogen (secondary N) is 2. The van der Waals surface area contributed by atoms with E-state index in [4.69, 9.17) is 10.5 Å². The summed E-state index contributed by atoms with van der Waals surface area (Å²) in [4.78, 5) is 38.8. The summed E-state index contributed by atoms with van der Waals surface area (Å²) in [7, 11) is 0. The molecular weight excluding hydrogens is 478 g/mol. The lowest BCUT2D eigenvalue weighted by Crippen LogP contribution is -2.43. The summed E-state index contributed by atoms with van der Waals surface area (Å²) in [5.74, 6) is 1.44. The molecule has 0 unspecified atom stereocenters. The molecule has 4 aromatic rings. The zero-order valence-electron chi connectivity index (χ0n) is 19.9. The van der Waals surface area contributed by atoms with Gasteiger partial charge in [0.2, 0.25) is 5.95 Å². The van der Waals surface area contributed by atoms with E-state index < -0.39 is 11.4 Å².